The lowest BCUT2D eigenvalue weighted by Crippen LogP contribution is -2.30. The molecule has 29 heavy (non-hydrogen) atoms. The number of nitrogens with one attached hydrogen (secondary N) is 1. The maximum atomic E-state index is 13.0. The summed E-state index contributed by atoms with van der Waals surface area (Å²) >= 11 is 0. The first kappa shape index (κ1) is 19.2. The standard InChI is InChI=1S/C24H28N4O/c1-18-15-19(2)28(26-18)17-20-9-8-10-21(16-20)24(29)25-22-11-4-5-12-23(22)27-13-6-3-7-14-27/h4-5,8-12,15-16H,3,6-7,13-14,17H2,1-2H3,(H,25,29). The Bertz CT molecular complexity index is 1000. The van der Waals surface area contributed by atoms with Crippen molar-refractivity contribution in [1.82, 2.24) is 9.78 Å². The number of piperidine rings is 1. The molecule has 2 aromatic carbocycles. The molecule has 5 heteroatoms. The fourth-order valence-electron chi connectivity index (χ4n) is 4.00. The van der Waals surface area contributed by atoms with Crippen molar-refractivity contribution in [3.05, 3.63) is 77.1 Å². The van der Waals surface area contributed by atoms with Gasteiger partial charge in [0.25, 0.3) is 5.91 Å². The molecule has 0 bridgehead atoms. The molecule has 1 amide bonds. The van der Waals surface area contributed by atoms with Crippen LogP contribution in [0.15, 0.2) is 54.6 Å². The summed E-state index contributed by atoms with van der Waals surface area (Å²) in [7, 11) is 0. The zero-order valence-corrected chi connectivity index (χ0v) is 17.2. The Hall–Kier alpha value is -3.08. The number of anilines is 2. The summed E-state index contributed by atoms with van der Waals surface area (Å²) in [4.78, 5) is 15.3. The first-order valence-electron chi connectivity index (χ1n) is 10.4. The van der Waals surface area contributed by atoms with E-state index < -0.39 is 0 Å². The fourth-order valence-corrected chi connectivity index (χ4v) is 4.00. The smallest absolute Gasteiger partial charge is 0.255 e. The van der Waals surface area contributed by atoms with Crippen LogP contribution in [0.5, 0.6) is 0 Å². The van der Waals surface area contributed by atoms with Crippen LogP contribution in [0, 0.1) is 13.8 Å². The summed E-state index contributed by atoms with van der Waals surface area (Å²) in [5.41, 5.74) is 5.84. The second kappa shape index (κ2) is 8.52. The number of hydrogen-bond acceptors (Lipinski definition) is 3. The van der Waals surface area contributed by atoms with Gasteiger partial charge < -0.3 is 10.2 Å². The molecule has 1 aliphatic rings. The van der Waals surface area contributed by atoms with Crippen LogP contribution in [0.3, 0.4) is 0 Å². The van der Waals surface area contributed by atoms with Crippen molar-refractivity contribution in [2.45, 2.75) is 39.7 Å². The molecule has 5 nitrogen and oxygen atoms in total. The molecule has 0 spiro atoms. The van der Waals surface area contributed by atoms with Crippen LogP contribution < -0.4 is 10.2 Å². The van der Waals surface area contributed by atoms with E-state index in [1.54, 1.807) is 0 Å². The number of rotatable bonds is 5. The Morgan fingerprint density at radius 2 is 1.79 bits per heavy atom. The Morgan fingerprint density at radius 3 is 2.55 bits per heavy atom. The fraction of sp³-hybridized carbons (Fsp3) is 0.333. The quantitative estimate of drug-likeness (QED) is 0.684. The van der Waals surface area contributed by atoms with E-state index in [4.69, 9.17) is 0 Å². The van der Waals surface area contributed by atoms with Crippen molar-refractivity contribution in [1.29, 1.82) is 0 Å². The third kappa shape index (κ3) is 4.50. The highest BCUT2D eigenvalue weighted by atomic mass is 16.1. The number of aryl methyl sites for hydroxylation is 2. The minimum absolute atomic E-state index is 0.0790. The zero-order valence-electron chi connectivity index (χ0n) is 17.2. The van der Waals surface area contributed by atoms with Gasteiger partial charge in [0, 0.05) is 24.3 Å². The van der Waals surface area contributed by atoms with Crippen LogP contribution in [0.4, 0.5) is 11.4 Å². The summed E-state index contributed by atoms with van der Waals surface area (Å²) in [6.07, 6.45) is 3.69. The number of carbonyl (C=O) groups excluding carboxylic acids is 1. The van der Waals surface area contributed by atoms with Gasteiger partial charge in [0.05, 0.1) is 23.6 Å². The largest absolute Gasteiger partial charge is 0.370 e. The second-order valence-electron chi connectivity index (χ2n) is 7.80. The Kier molecular flexibility index (Phi) is 5.65. The minimum atomic E-state index is -0.0790. The first-order valence-corrected chi connectivity index (χ1v) is 10.4. The van der Waals surface area contributed by atoms with E-state index in [0.29, 0.717) is 12.1 Å². The first-order chi connectivity index (χ1) is 14.1. The van der Waals surface area contributed by atoms with Gasteiger partial charge in [0.15, 0.2) is 0 Å². The molecule has 3 aromatic rings. The van der Waals surface area contributed by atoms with Crippen molar-refractivity contribution < 1.29 is 4.79 Å². The summed E-state index contributed by atoms with van der Waals surface area (Å²) in [5, 5.41) is 7.65. The van der Waals surface area contributed by atoms with Gasteiger partial charge in [-0.2, -0.15) is 5.10 Å². The van der Waals surface area contributed by atoms with Gasteiger partial charge in [-0.25, -0.2) is 0 Å². The molecule has 2 heterocycles. The summed E-state index contributed by atoms with van der Waals surface area (Å²) in [6, 6.07) is 18.0. The lowest BCUT2D eigenvalue weighted by Gasteiger charge is -2.30. The highest BCUT2D eigenvalue weighted by Gasteiger charge is 2.16. The molecule has 1 saturated heterocycles. The third-order valence-electron chi connectivity index (χ3n) is 5.47. The molecule has 0 aliphatic carbocycles. The van der Waals surface area contributed by atoms with Gasteiger partial charge in [-0.1, -0.05) is 24.3 Å². The van der Waals surface area contributed by atoms with Crippen LogP contribution in [0.2, 0.25) is 0 Å². The summed E-state index contributed by atoms with van der Waals surface area (Å²) in [5.74, 6) is -0.0790. The molecule has 0 atom stereocenters. The SMILES string of the molecule is Cc1cc(C)n(Cc2cccc(C(=O)Nc3ccccc3N3CCCCC3)c2)n1. The van der Waals surface area contributed by atoms with Crippen molar-refractivity contribution in [3.63, 3.8) is 0 Å². The molecule has 1 fully saturated rings. The monoisotopic (exact) mass is 388 g/mol. The maximum absolute atomic E-state index is 13.0. The molecular formula is C24H28N4O. The normalized spacial score (nSPS) is 14.1. The predicted molar refractivity (Wildman–Crippen MR) is 118 cm³/mol. The Balaban J connectivity index is 1.51. The molecule has 4 rings (SSSR count). The van der Waals surface area contributed by atoms with Crippen molar-refractivity contribution in [2.24, 2.45) is 0 Å². The van der Waals surface area contributed by atoms with Crippen LogP contribution in [-0.4, -0.2) is 28.8 Å². The molecule has 1 aromatic heterocycles. The Labute approximate surface area is 172 Å². The number of nitrogens with zero attached hydrogens (tertiary/aromatic N) is 3. The zero-order chi connectivity index (χ0) is 20.2. The topological polar surface area (TPSA) is 50.2 Å². The Morgan fingerprint density at radius 1 is 1.00 bits per heavy atom. The number of benzene rings is 2. The summed E-state index contributed by atoms with van der Waals surface area (Å²) in [6.45, 7) is 6.79. The second-order valence-corrected chi connectivity index (χ2v) is 7.80. The van der Waals surface area contributed by atoms with Gasteiger partial charge >= 0.3 is 0 Å². The predicted octanol–water partition coefficient (Wildman–Crippen LogP) is 4.79. The van der Waals surface area contributed by atoms with Crippen LogP contribution in [0.1, 0.15) is 46.6 Å². The van der Waals surface area contributed by atoms with Gasteiger partial charge in [-0.05, 0) is 69.0 Å². The van der Waals surface area contributed by atoms with E-state index in [0.717, 1.165) is 41.4 Å². The van der Waals surface area contributed by atoms with Gasteiger partial charge in [-0.15, -0.1) is 0 Å². The number of hydrogen-bond donors (Lipinski definition) is 1. The van der Waals surface area contributed by atoms with Gasteiger partial charge in [0.2, 0.25) is 0 Å². The van der Waals surface area contributed by atoms with E-state index in [2.05, 4.69) is 27.4 Å². The lowest BCUT2D eigenvalue weighted by molar-refractivity contribution is 0.102. The highest BCUT2D eigenvalue weighted by Crippen LogP contribution is 2.28. The van der Waals surface area contributed by atoms with Crippen molar-refractivity contribution in [2.75, 3.05) is 23.3 Å². The number of carbonyl (C=O) groups is 1. The molecule has 1 aliphatic heterocycles. The van der Waals surface area contributed by atoms with Gasteiger partial charge in [-0.3, -0.25) is 9.48 Å². The van der Waals surface area contributed by atoms with Crippen molar-refractivity contribution in [3.8, 4) is 0 Å². The van der Waals surface area contributed by atoms with E-state index >= 15 is 0 Å². The van der Waals surface area contributed by atoms with Crippen LogP contribution in [0.25, 0.3) is 0 Å². The van der Waals surface area contributed by atoms with E-state index in [-0.39, 0.29) is 5.91 Å². The van der Waals surface area contributed by atoms with Crippen molar-refractivity contribution >= 4 is 17.3 Å². The number of aromatic nitrogens is 2. The maximum Gasteiger partial charge on any atom is 0.255 e. The molecule has 0 radical (unpaired) electrons. The lowest BCUT2D eigenvalue weighted by atomic mass is 10.1. The summed E-state index contributed by atoms with van der Waals surface area (Å²) < 4.78 is 1.97. The van der Waals surface area contributed by atoms with E-state index in [1.807, 2.05) is 61.0 Å². The molecule has 150 valence electrons. The average molecular weight is 389 g/mol. The minimum Gasteiger partial charge on any atom is -0.370 e. The molecule has 1 N–H and O–H groups in total. The van der Waals surface area contributed by atoms with Gasteiger partial charge in [0.1, 0.15) is 0 Å². The third-order valence-corrected chi connectivity index (χ3v) is 5.47. The molecule has 0 saturated carbocycles. The van der Waals surface area contributed by atoms with E-state index in [1.165, 1.54) is 19.3 Å². The molecular weight excluding hydrogens is 360 g/mol. The number of para-hydroxylation sites is 2. The number of amides is 1. The molecule has 0 unspecified atom stereocenters. The highest BCUT2D eigenvalue weighted by molar-refractivity contribution is 6.06. The van der Waals surface area contributed by atoms with Crippen LogP contribution >= 0.6 is 0 Å². The average Bonchev–Trinajstić information content (AvgIpc) is 3.06. The van der Waals surface area contributed by atoms with Crippen LogP contribution in [-0.2, 0) is 6.54 Å². The van der Waals surface area contributed by atoms with E-state index in [9.17, 15) is 4.79 Å².